The van der Waals surface area contributed by atoms with Crippen LogP contribution in [0.3, 0.4) is 0 Å². The molecule has 2 aliphatic heterocycles. The molecule has 0 bridgehead atoms. The van der Waals surface area contributed by atoms with Crippen LogP contribution in [0.25, 0.3) is 0 Å². The van der Waals surface area contributed by atoms with Crippen molar-refractivity contribution >= 4 is 80.7 Å². The summed E-state index contributed by atoms with van der Waals surface area (Å²) >= 11 is 4.50. The zero-order valence-electron chi connectivity index (χ0n) is 19.7. The van der Waals surface area contributed by atoms with Crippen molar-refractivity contribution in [3.05, 3.63) is 27.9 Å². The number of halogens is 3. The molecule has 2 atom stereocenters. The number of aliphatic carboxylic acids is 1. The number of thiazole rings is 1. The number of oxime groups is 1. The SMILES string of the molecule is O=C(O)C1=C(CSc2nncs2)CS[C@H]2[C@H](NC(=O)C(=NOC3CC3)c3csc(NC(=O)C(F)(F)F)n3)C(=O)N12. The highest BCUT2D eigenvalue weighted by Crippen LogP contribution is 2.41. The lowest BCUT2D eigenvalue weighted by molar-refractivity contribution is -0.167. The Kier molecular flexibility index (Phi) is 8.02. The molecule has 1 saturated carbocycles. The van der Waals surface area contributed by atoms with Gasteiger partial charge in [0.1, 0.15) is 34.4 Å². The highest BCUT2D eigenvalue weighted by atomic mass is 32.2. The quantitative estimate of drug-likeness (QED) is 0.150. The maximum atomic E-state index is 13.2. The van der Waals surface area contributed by atoms with Crippen molar-refractivity contribution in [2.75, 3.05) is 16.8 Å². The van der Waals surface area contributed by atoms with E-state index in [4.69, 9.17) is 4.84 Å². The molecule has 1 aliphatic carbocycles. The summed E-state index contributed by atoms with van der Waals surface area (Å²) in [5.74, 6) is -4.51. The minimum atomic E-state index is -5.14. The van der Waals surface area contributed by atoms with Crippen LogP contribution in [0.4, 0.5) is 18.3 Å². The molecule has 0 unspecified atom stereocenters. The fraction of sp³-hybridized carbons (Fsp3) is 0.400. The second-order valence-corrected chi connectivity index (χ2v) is 12.4. The maximum Gasteiger partial charge on any atom is 0.471 e. The van der Waals surface area contributed by atoms with Crippen LogP contribution in [0.1, 0.15) is 18.5 Å². The summed E-state index contributed by atoms with van der Waals surface area (Å²) < 4.78 is 38.4. The Morgan fingerprint density at radius 2 is 2.05 bits per heavy atom. The predicted molar refractivity (Wildman–Crippen MR) is 138 cm³/mol. The number of carbonyl (C=O) groups excluding carboxylic acids is 3. The second kappa shape index (κ2) is 11.3. The monoisotopic (exact) mass is 635 g/mol. The van der Waals surface area contributed by atoms with Crippen molar-refractivity contribution in [3.8, 4) is 0 Å². The van der Waals surface area contributed by atoms with Gasteiger partial charge in [0.05, 0.1) is 0 Å². The van der Waals surface area contributed by atoms with Gasteiger partial charge in [-0.3, -0.25) is 24.6 Å². The summed E-state index contributed by atoms with van der Waals surface area (Å²) in [6, 6.07) is -1.10. The molecular weight excluding hydrogens is 620 g/mol. The molecule has 40 heavy (non-hydrogen) atoms. The van der Waals surface area contributed by atoms with Crippen LogP contribution in [0, 0.1) is 0 Å². The van der Waals surface area contributed by atoms with E-state index in [1.54, 1.807) is 10.8 Å². The van der Waals surface area contributed by atoms with E-state index in [2.05, 4.69) is 25.7 Å². The molecule has 1 saturated heterocycles. The Labute approximate surface area is 238 Å². The van der Waals surface area contributed by atoms with E-state index in [9.17, 15) is 37.5 Å². The number of carboxylic acids is 1. The fourth-order valence-electron chi connectivity index (χ4n) is 3.49. The Morgan fingerprint density at radius 1 is 1.27 bits per heavy atom. The molecule has 0 radical (unpaired) electrons. The van der Waals surface area contributed by atoms with Crippen LogP contribution < -0.4 is 10.6 Å². The molecule has 2 fully saturated rings. The first kappa shape index (κ1) is 28.3. The van der Waals surface area contributed by atoms with E-state index < -0.39 is 52.1 Å². The third kappa shape index (κ3) is 6.08. The first-order valence-electron chi connectivity index (χ1n) is 11.2. The van der Waals surface area contributed by atoms with Gasteiger partial charge < -0.3 is 15.3 Å². The minimum absolute atomic E-state index is 0.160. The number of aromatic nitrogens is 3. The molecule has 5 rings (SSSR count). The van der Waals surface area contributed by atoms with E-state index in [0.29, 0.717) is 34.1 Å². The smallest absolute Gasteiger partial charge is 0.471 e. The first-order valence-corrected chi connectivity index (χ1v) is 15.0. The molecule has 13 nitrogen and oxygen atoms in total. The van der Waals surface area contributed by atoms with Gasteiger partial charge in [0.2, 0.25) is 0 Å². The van der Waals surface area contributed by atoms with E-state index in [1.807, 2.05) is 0 Å². The predicted octanol–water partition coefficient (Wildman–Crippen LogP) is 1.91. The van der Waals surface area contributed by atoms with E-state index in [0.717, 1.165) is 4.90 Å². The summed E-state index contributed by atoms with van der Waals surface area (Å²) in [6.07, 6.45) is -3.98. The maximum absolute atomic E-state index is 13.2. The van der Waals surface area contributed by atoms with Gasteiger partial charge in [-0.2, -0.15) is 13.2 Å². The van der Waals surface area contributed by atoms with Crippen molar-refractivity contribution in [1.29, 1.82) is 0 Å². The molecule has 20 heteroatoms. The Balaban J connectivity index is 1.30. The number of thioether (sulfide) groups is 2. The Bertz CT molecular complexity index is 1410. The lowest BCUT2D eigenvalue weighted by atomic mass is 10.0. The average Bonchev–Trinajstić information content (AvgIpc) is 3.37. The summed E-state index contributed by atoms with van der Waals surface area (Å²) in [6.45, 7) is 0. The van der Waals surface area contributed by atoms with Crippen molar-refractivity contribution in [1.82, 2.24) is 25.4 Å². The summed E-state index contributed by atoms with van der Waals surface area (Å²) in [5.41, 5.74) is 1.31. The third-order valence-electron chi connectivity index (χ3n) is 5.50. The van der Waals surface area contributed by atoms with Crippen LogP contribution in [0.15, 0.2) is 31.7 Å². The molecule has 3 amide bonds. The highest BCUT2D eigenvalue weighted by molar-refractivity contribution is 8.01. The van der Waals surface area contributed by atoms with Crippen LogP contribution in [-0.4, -0.2) is 89.8 Å². The number of nitrogens with zero attached hydrogens (tertiary/aromatic N) is 5. The topological polar surface area (TPSA) is 176 Å². The normalized spacial score (nSPS) is 21.0. The molecular formula is C20H16F3N7O6S4. The van der Waals surface area contributed by atoms with Gasteiger partial charge in [0.25, 0.3) is 11.8 Å². The third-order valence-corrected chi connectivity index (χ3v) is 9.55. The fourth-order valence-corrected chi connectivity index (χ4v) is 7.16. The van der Waals surface area contributed by atoms with Crippen molar-refractivity contribution in [3.63, 3.8) is 0 Å². The average molecular weight is 636 g/mol. The number of rotatable bonds is 10. The number of hydrogen-bond acceptors (Lipinski definition) is 13. The largest absolute Gasteiger partial charge is 0.477 e. The van der Waals surface area contributed by atoms with Gasteiger partial charge in [-0.25, -0.2) is 9.78 Å². The molecule has 2 aromatic rings. The molecule has 4 heterocycles. The van der Waals surface area contributed by atoms with Gasteiger partial charge >= 0.3 is 18.1 Å². The molecule has 2 aromatic heterocycles. The van der Waals surface area contributed by atoms with E-state index >= 15 is 0 Å². The van der Waals surface area contributed by atoms with Gasteiger partial charge in [-0.05, 0) is 18.4 Å². The van der Waals surface area contributed by atoms with Gasteiger partial charge in [0, 0.05) is 16.9 Å². The number of hydrogen-bond donors (Lipinski definition) is 3. The molecule has 0 aromatic carbocycles. The van der Waals surface area contributed by atoms with E-state index in [-0.39, 0.29) is 29.0 Å². The Hall–Kier alpha value is -3.23. The molecule has 3 aliphatic rings. The molecule has 212 valence electrons. The van der Waals surface area contributed by atoms with Crippen LogP contribution >= 0.6 is 46.2 Å². The van der Waals surface area contributed by atoms with Crippen LogP contribution in [0.5, 0.6) is 0 Å². The lowest BCUT2D eigenvalue weighted by Crippen LogP contribution is -2.71. The zero-order valence-corrected chi connectivity index (χ0v) is 23.0. The summed E-state index contributed by atoms with van der Waals surface area (Å²) in [5, 5.41) is 25.5. The van der Waals surface area contributed by atoms with Gasteiger partial charge in [-0.1, -0.05) is 28.3 Å². The second-order valence-electron chi connectivity index (χ2n) is 8.35. The van der Waals surface area contributed by atoms with Crippen molar-refractivity contribution in [2.24, 2.45) is 5.16 Å². The number of amides is 3. The number of β-lactam (4-membered cyclic amide) rings is 1. The standard InChI is InChI=1S/C20H16F3N7O6S4/c21-20(22,23)17(35)27-18-25-9(5-38-18)10(29-36-8-1-2-8)13(31)26-11-14(32)30-12(16(33)34)7(3-37-15(11)30)4-39-19-28-24-6-40-19/h5-6,8,11,15H,1-4H2,(H,26,31)(H,33,34)(H,25,27,35)/t11-,15+/m1/s1. The highest BCUT2D eigenvalue weighted by Gasteiger charge is 2.54. The number of nitrogens with one attached hydrogen (secondary N) is 2. The number of carbonyl (C=O) groups is 4. The summed E-state index contributed by atoms with van der Waals surface area (Å²) in [7, 11) is 0. The van der Waals surface area contributed by atoms with Crippen LogP contribution in [0.2, 0.25) is 0 Å². The lowest BCUT2D eigenvalue weighted by Gasteiger charge is -2.49. The minimum Gasteiger partial charge on any atom is -0.477 e. The Morgan fingerprint density at radius 3 is 2.70 bits per heavy atom. The van der Waals surface area contributed by atoms with Gasteiger partial charge in [0.15, 0.2) is 15.2 Å². The van der Waals surface area contributed by atoms with E-state index in [1.165, 1.54) is 40.2 Å². The number of anilines is 1. The molecule has 3 N–H and O–H groups in total. The molecule has 0 spiro atoms. The first-order chi connectivity index (χ1) is 19.0. The van der Waals surface area contributed by atoms with Gasteiger partial charge in [-0.15, -0.1) is 33.3 Å². The van der Waals surface area contributed by atoms with Crippen LogP contribution in [-0.2, 0) is 24.0 Å². The number of alkyl halides is 3. The zero-order chi connectivity index (χ0) is 28.6. The summed E-state index contributed by atoms with van der Waals surface area (Å²) in [4.78, 5) is 59.7. The number of fused-ring (bicyclic) bond motifs is 1. The van der Waals surface area contributed by atoms with Crippen molar-refractivity contribution in [2.45, 2.75) is 40.9 Å². The number of carboxylic acid groups (broad SMARTS) is 1. The van der Waals surface area contributed by atoms with Crippen molar-refractivity contribution < 1.29 is 42.3 Å².